The first-order valence-electron chi connectivity index (χ1n) is 7.34. The fraction of sp³-hybridized carbons (Fsp3) is 0.438. The molecule has 0 atom stereocenters. The molecule has 0 radical (unpaired) electrons. The van der Waals surface area contributed by atoms with Crippen molar-refractivity contribution in [2.24, 2.45) is 0 Å². The third-order valence-electron chi connectivity index (χ3n) is 3.98. The molecular weight excluding hydrogens is 250 g/mol. The smallest absolute Gasteiger partial charge is 0.123 e. The molecule has 1 fully saturated rings. The minimum absolute atomic E-state index is 0.300. The number of phenols is 1. The standard InChI is InChI=1S/C16H21N3O/c1-2-19-15(13-5-7-14(20)8-6-13)11-17-16(19)12-18-9-3-4-10-18/h5-8,11,20H,2-4,9-10,12H2,1H3. The molecule has 1 N–H and O–H groups in total. The molecular formula is C16H21N3O. The third kappa shape index (κ3) is 2.56. The maximum atomic E-state index is 9.40. The molecule has 2 heterocycles. The lowest BCUT2D eigenvalue weighted by Gasteiger charge is -2.16. The number of aromatic hydroxyl groups is 1. The highest BCUT2D eigenvalue weighted by atomic mass is 16.3. The number of likely N-dealkylation sites (tertiary alicyclic amines) is 1. The molecule has 4 heteroatoms. The fourth-order valence-corrected chi connectivity index (χ4v) is 2.90. The van der Waals surface area contributed by atoms with Crippen molar-refractivity contribution in [3.8, 4) is 17.0 Å². The number of imidazole rings is 1. The fourth-order valence-electron chi connectivity index (χ4n) is 2.90. The molecule has 0 bridgehead atoms. The average Bonchev–Trinajstić information content (AvgIpc) is 3.10. The Morgan fingerprint density at radius 1 is 1.15 bits per heavy atom. The summed E-state index contributed by atoms with van der Waals surface area (Å²) >= 11 is 0. The Balaban J connectivity index is 1.88. The van der Waals surface area contributed by atoms with Crippen LogP contribution in [0.5, 0.6) is 5.75 Å². The van der Waals surface area contributed by atoms with Gasteiger partial charge in [0.2, 0.25) is 0 Å². The summed E-state index contributed by atoms with van der Waals surface area (Å²) in [4.78, 5) is 7.08. The number of hydrogen-bond acceptors (Lipinski definition) is 3. The van der Waals surface area contributed by atoms with E-state index in [1.54, 1.807) is 12.1 Å². The number of aromatic nitrogens is 2. The van der Waals surface area contributed by atoms with Gasteiger partial charge in [-0.15, -0.1) is 0 Å². The lowest BCUT2D eigenvalue weighted by molar-refractivity contribution is 0.317. The Bertz CT molecular complexity index is 568. The van der Waals surface area contributed by atoms with Crippen molar-refractivity contribution >= 4 is 0 Å². The summed E-state index contributed by atoms with van der Waals surface area (Å²) in [5, 5.41) is 9.40. The zero-order valence-electron chi connectivity index (χ0n) is 11.9. The third-order valence-corrected chi connectivity index (χ3v) is 3.98. The Labute approximate surface area is 119 Å². The van der Waals surface area contributed by atoms with E-state index in [-0.39, 0.29) is 0 Å². The molecule has 4 nitrogen and oxygen atoms in total. The van der Waals surface area contributed by atoms with Crippen LogP contribution in [0.2, 0.25) is 0 Å². The van der Waals surface area contributed by atoms with Gasteiger partial charge in [-0.2, -0.15) is 0 Å². The van der Waals surface area contributed by atoms with Crippen LogP contribution >= 0.6 is 0 Å². The van der Waals surface area contributed by atoms with Gasteiger partial charge in [0.05, 0.1) is 18.4 Å². The number of nitrogens with zero attached hydrogens (tertiary/aromatic N) is 3. The van der Waals surface area contributed by atoms with Gasteiger partial charge in [0.25, 0.3) is 0 Å². The molecule has 20 heavy (non-hydrogen) atoms. The number of benzene rings is 1. The molecule has 0 aliphatic carbocycles. The van der Waals surface area contributed by atoms with Gasteiger partial charge in [-0.25, -0.2) is 4.98 Å². The molecule has 1 aliphatic rings. The SMILES string of the molecule is CCn1c(-c2ccc(O)cc2)cnc1CN1CCCC1. The van der Waals surface area contributed by atoms with Gasteiger partial charge < -0.3 is 9.67 Å². The molecule has 3 rings (SSSR count). The first kappa shape index (κ1) is 13.2. The van der Waals surface area contributed by atoms with Gasteiger partial charge in [0.1, 0.15) is 11.6 Å². The topological polar surface area (TPSA) is 41.3 Å². The van der Waals surface area contributed by atoms with E-state index in [2.05, 4.69) is 21.4 Å². The Kier molecular flexibility index (Phi) is 3.74. The van der Waals surface area contributed by atoms with Crippen molar-refractivity contribution in [1.29, 1.82) is 0 Å². The van der Waals surface area contributed by atoms with Gasteiger partial charge in [-0.05, 0) is 57.1 Å². The van der Waals surface area contributed by atoms with Crippen molar-refractivity contribution < 1.29 is 5.11 Å². The highest BCUT2D eigenvalue weighted by Crippen LogP contribution is 2.24. The van der Waals surface area contributed by atoms with Crippen LogP contribution in [0.25, 0.3) is 11.3 Å². The normalized spacial score (nSPS) is 15.8. The van der Waals surface area contributed by atoms with Crippen LogP contribution in [0.3, 0.4) is 0 Å². The lowest BCUT2D eigenvalue weighted by atomic mass is 10.1. The Hall–Kier alpha value is -1.81. The first-order valence-corrected chi connectivity index (χ1v) is 7.34. The molecule has 0 amide bonds. The second-order valence-corrected chi connectivity index (χ2v) is 5.33. The van der Waals surface area contributed by atoms with E-state index < -0.39 is 0 Å². The van der Waals surface area contributed by atoms with E-state index in [0.29, 0.717) is 5.75 Å². The molecule has 1 saturated heterocycles. The molecule has 0 unspecified atom stereocenters. The number of phenolic OH excluding ortho intramolecular Hbond substituents is 1. The molecule has 1 aliphatic heterocycles. The quantitative estimate of drug-likeness (QED) is 0.929. The Morgan fingerprint density at radius 3 is 2.50 bits per heavy atom. The van der Waals surface area contributed by atoms with Crippen LogP contribution < -0.4 is 0 Å². The minimum atomic E-state index is 0.300. The maximum Gasteiger partial charge on any atom is 0.123 e. The molecule has 1 aromatic heterocycles. The predicted molar refractivity (Wildman–Crippen MR) is 79.5 cm³/mol. The van der Waals surface area contributed by atoms with Gasteiger partial charge in [-0.1, -0.05) is 0 Å². The van der Waals surface area contributed by atoms with Crippen molar-refractivity contribution in [3.63, 3.8) is 0 Å². The average molecular weight is 271 g/mol. The van der Waals surface area contributed by atoms with Crippen LogP contribution in [0.4, 0.5) is 0 Å². The summed E-state index contributed by atoms with van der Waals surface area (Å²) in [6, 6.07) is 7.33. The highest BCUT2D eigenvalue weighted by Gasteiger charge is 2.16. The molecule has 0 spiro atoms. The molecule has 106 valence electrons. The molecule has 1 aromatic carbocycles. The van der Waals surface area contributed by atoms with Crippen LogP contribution in [0, 0.1) is 0 Å². The van der Waals surface area contributed by atoms with E-state index >= 15 is 0 Å². The van der Waals surface area contributed by atoms with Crippen LogP contribution in [0.15, 0.2) is 30.5 Å². The van der Waals surface area contributed by atoms with E-state index in [0.717, 1.165) is 30.2 Å². The van der Waals surface area contributed by atoms with Gasteiger partial charge in [0, 0.05) is 12.1 Å². The van der Waals surface area contributed by atoms with E-state index in [9.17, 15) is 5.11 Å². The maximum absolute atomic E-state index is 9.40. The van der Waals surface area contributed by atoms with Crippen LogP contribution in [-0.2, 0) is 13.1 Å². The number of hydrogen-bond donors (Lipinski definition) is 1. The summed E-state index contributed by atoms with van der Waals surface area (Å²) in [7, 11) is 0. The summed E-state index contributed by atoms with van der Waals surface area (Å²) in [5.41, 5.74) is 2.23. The van der Waals surface area contributed by atoms with Crippen molar-refractivity contribution in [1.82, 2.24) is 14.5 Å². The minimum Gasteiger partial charge on any atom is -0.508 e. The van der Waals surface area contributed by atoms with Gasteiger partial charge >= 0.3 is 0 Å². The second kappa shape index (κ2) is 5.67. The first-order chi connectivity index (χ1) is 9.78. The predicted octanol–water partition coefficient (Wildman–Crippen LogP) is 2.87. The van der Waals surface area contributed by atoms with Crippen molar-refractivity contribution in [2.75, 3.05) is 13.1 Å². The van der Waals surface area contributed by atoms with E-state index in [4.69, 9.17) is 0 Å². The summed E-state index contributed by atoms with van der Waals surface area (Å²) in [6.45, 7) is 6.38. The highest BCUT2D eigenvalue weighted by molar-refractivity contribution is 5.60. The molecule has 2 aromatic rings. The van der Waals surface area contributed by atoms with E-state index in [1.807, 2.05) is 18.3 Å². The van der Waals surface area contributed by atoms with Crippen LogP contribution in [0.1, 0.15) is 25.6 Å². The zero-order chi connectivity index (χ0) is 13.9. The largest absolute Gasteiger partial charge is 0.508 e. The zero-order valence-corrected chi connectivity index (χ0v) is 11.9. The molecule has 0 saturated carbocycles. The number of rotatable bonds is 4. The van der Waals surface area contributed by atoms with E-state index in [1.165, 1.54) is 25.9 Å². The Morgan fingerprint density at radius 2 is 1.85 bits per heavy atom. The lowest BCUT2D eigenvalue weighted by Crippen LogP contribution is -2.21. The van der Waals surface area contributed by atoms with Gasteiger partial charge in [-0.3, -0.25) is 4.90 Å². The van der Waals surface area contributed by atoms with Crippen LogP contribution in [-0.4, -0.2) is 32.6 Å². The summed E-state index contributed by atoms with van der Waals surface area (Å²) < 4.78 is 2.27. The summed E-state index contributed by atoms with van der Waals surface area (Å²) in [6.07, 6.45) is 4.55. The summed E-state index contributed by atoms with van der Waals surface area (Å²) in [5.74, 6) is 1.44. The van der Waals surface area contributed by atoms with Crippen molar-refractivity contribution in [2.45, 2.75) is 32.9 Å². The van der Waals surface area contributed by atoms with Crippen molar-refractivity contribution in [3.05, 3.63) is 36.3 Å². The second-order valence-electron chi connectivity index (χ2n) is 5.33. The van der Waals surface area contributed by atoms with Gasteiger partial charge in [0.15, 0.2) is 0 Å². The monoisotopic (exact) mass is 271 g/mol.